The van der Waals surface area contributed by atoms with Crippen molar-refractivity contribution >= 4 is 11.8 Å². The van der Waals surface area contributed by atoms with Gasteiger partial charge in [-0.1, -0.05) is 12.1 Å². The van der Waals surface area contributed by atoms with Gasteiger partial charge in [0, 0.05) is 56.5 Å². The summed E-state index contributed by atoms with van der Waals surface area (Å²) in [4.78, 5) is 33.4. The first-order chi connectivity index (χ1) is 15.1. The van der Waals surface area contributed by atoms with Gasteiger partial charge in [0.25, 0.3) is 0 Å². The highest BCUT2D eigenvalue weighted by Crippen LogP contribution is 2.36. The lowest BCUT2D eigenvalue weighted by atomic mass is 9.83. The predicted molar refractivity (Wildman–Crippen MR) is 114 cm³/mol. The number of fused-ring (bicyclic) bond motifs is 1. The number of carbonyl (C=O) groups excluding carboxylic acids is 2. The van der Waals surface area contributed by atoms with Crippen molar-refractivity contribution < 1.29 is 14.1 Å². The first-order valence-electron chi connectivity index (χ1n) is 11.5. The summed E-state index contributed by atoms with van der Waals surface area (Å²) in [6.45, 7) is 4.80. The minimum Gasteiger partial charge on any atom is -0.361 e. The van der Waals surface area contributed by atoms with Crippen LogP contribution in [-0.2, 0) is 29.0 Å². The number of carbonyl (C=O) groups is 2. The van der Waals surface area contributed by atoms with Gasteiger partial charge in [0.2, 0.25) is 11.8 Å². The average Bonchev–Trinajstić information content (AvgIpc) is 3.37. The first-order valence-corrected chi connectivity index (χ1v) is 11.5. The molecule has 0 N–H and O–H groups in total. The summed E-state index contributed by atoms with van der Waals surface area (Å²) in [5.41, 5.74) is 3.52. The lowest BCUT2D eigenvalue weighted by Crippen LogP contribution is -2.42. The Kier molecular flexibility index (Phi) is 5.50. The van der Waals surface area contributed by atoms with Gasteiger partial charge in [-0.3, -0.25) is 14.6 Å². The number of hydrogen-bond donors (Lipinski definition) is 0. The van der Waals surface area contributed by atoms with Crippen LogP contribution >= 0.6 is 0 Å². The molecule has 0 aromatic carbocycles. The third kappa shape index (κ3) is 4.10. The standard InChI is InChI=1S/C24H30N4O3/c1-16-2-3-21-20(12-16)23(31-26-21)18-6-10-27(11-7-18)24(30)19-13-22(29)28(15-19)14-17-4-8-25-9-5-17/h4-5,8-9,16,18-19H,2-3,6-7,10-15H2,1H3. The van der Waals surface area contributed by atoms with E-state index in [1.54, 1.807) is 17.3 Å². The van der Waals surface area contributed by atoms with Gasteiger partial charge in [0.1, 0.15) is 5.76 Å². The molecule has 2 aromatic rings. The Morgan fingerprint density at radius 2 is 1.94 bits per heavy atom. The number of nitrogens with zero attached hydrogens (tertiary/aromatic N) is 4. The third-order valence-electron chi connectivity index (χ3n) is 7.19. The van der Waals surface area contributed by atoms with Gasteiger partial charge < -0.3 is 14.3 Å². The maximum atomic E-state index is 13.1. The highest BCUT2D eigenvalue weighted by atomic mass is 16.5. The highest BCUT2D eigenvalue weighted by Gasteiger charge is 2.38. The average molecular weight is 423 g/mol. The van der Waals surface area contributed by atoms with Gasteiger partial charge in [-0.15, -0.1) is 0 Å². The van der Waals surface area contributed by atoms with Crippen LogP contribution in [0.5, 0.6) is 0 Å². The summed E-state index contributed by atoms with van der Waals surface area (Å²) < 4.78 is 5.78. The molecule has 2 amide bonds. The largest absolute Gasteiger partial charge is 0.361 e. The SMILES string of the molecule is CC1CCc2noc(C3CCN(C(=O)C4CC(=O)N(Cc5ccncc5)C4)CC3)c2C1. The predicted octanol–water partition coefficient (Wildman–Crippen LogP) is 2.95. The number of hydrogen-bond acceptors (Lipinski definition) is 5. The summed E-state index contributed by atoms with van der Waals surface area (Å²) in [5.74, 6) is 2.05. The highest BCUT2D eigenvalue weighted by molar-refractivity contribution is 5.89. The van der Waals surface area contributed by atoms with Crippen molar-refractivity contribution in [2.75, 3.05) is 19.6 Å². The number of aromatic nitrogens is 2. The van der Waals surface area contributed by atoms with E-state index in [2.05, 4.69) is 17.1 Å². The zero-order chi connectivity index (χ0) is 21.4. The summed E-state index contributed by atoms with van der Waals surface area (Å²) in [6.07, 6.45) is 8.85. The summed E-state index contributed by atoms with van der Waals surface area (Å²) in [5, 5.41) is 4.33. The van der Waals surface area contributed by atoms with Crippen molar-refractivity contribution in [2.24, 2.45) is 11.8 Å². The van der Waals surface area contributed by atoms with Crippen LogP contribution in [0.3, 0.4) is 0 Å². The fourth-order valence-corrected chi connectivity index (χ4v) is 5.35. The zero-order valence-corrected chi connectivity index (χ0v) is 18.1. The second-order valence-corrected chi connectivity index (χ2v) is 9.45. The second-order valence-electron chi connectivity index (χ2n) is 9.45. The molecule has 4 heterocycles. The molecule has 164 valence electrons. The Bertz CT molecular complexity index is 949. The molecular weight excluding hydrogens is 392 g/mol. The summed E-state index contributed by atoms with van der Waals surface area (Å²) in [6, 6.07) is 3.83. The summed E-state index contributed by atoms with van der Waals surface area (Å²) >= 11 is 0. The van der Waals surface area contributed by atoms with Crippen LogP contribution in [0.2, 0.25) is 0 Å². The van der Waals surface area contributed by atoms with Crippen LogP contribution in [0.15, 0.2) is 29.0 Å². The zero-order valence-electron chi connectivity index (χ0n) is 18.1. The third-order valence-corrected chi connectivity index (χ3v) is 7.19. The maximum Gasteiger partial charge on any atom is 0.227 e. The van der Waals surface area contributed by atoms with Gasteiger partial charge in [-0.25, -0.2) is 0 Å². The molecular formula is C24H30N4O3. The van der Waals surface area contributed by atoms with Crippen LogP contribution in [0.4, 0.5) is 0 Å². The number of pyridine rings is 1. The van der Waals surface area contributed by atoms with E-state index in [0.29, 0.717) is 31.3 Å². The van der Waals surface area contributed by atoms with Crippen molar-refractivity contribution in [1.82, 2.24) is 19.9 Å². The van der Waals surface area contributed by atoms with Gasteiger partial charge in [0.05, 0.1) is 11.6 Å². The normalized spacial score (nSPS) is 24.5. The van der Waals surface area contributed by atoms with Gasteiger partial charge >= 0.3 is 0 Å². The molecule has 2 fully saturated rings. The van der Waals surface area contributed by atoms with E-state index < -0.39 is 0 Å². The van der Waals surface area contributed by atoms with Gasteiger partial charge in [-0.2, -0.15) is 0 Å². The van der Waals surface area contributed by atoms with Crippen molar-refractivity contribution in [2.45, 2.75) is 57.9 Å². The molecule has 0 saturated carbocycles. The van der Waals surface area contributed by atoms with Crippen molar-refractivity contribution in [3.63, 3.8) is 0 Å². The molecule has 0 bridgehead atoms. The molecule has 7 heteroatoms. The van der Waals surface area contributed by atoms with E-state index >= 15 is 0 Å². The Morgan fingerprint density at radius 3 is 2.71 bits per heavy atom. The second kappa shape index (κ2) is 8.44. The van der Waals surface area contributed by atoms with Crippen molar-refractivity contribution in [1.29, 1.82) is 0 Å². The van der Waals surface area contributed by atoms with E-state index in [1.165, 1.54) is 12.0 Å². The molecule has 1 aliphatic carbocycles. The Hall–Kier alpha value is -2.70. The van der Waals surface area contributed by atoms with E-state index in [4.69, 9.17) is 4.52 Å². The molecule has 2 saturated heterocycles. The van der Waals surface area contributed by atoms with Crippen LogP contribution in [0.25, 0.3) is 0 Å². The molecule has 3 aliphatic rings. The van der Waals surface area contributed by atoms with Gasteiger partial charge in [-0.05, 0) is 55.7 Å². The molecule has 7 nitrogen and oxygen atoms in total. The first kappa shape index (κ1) is 20.2. The van der Waals surface area contributed by atoms with Crippen LogP contribution < -0.4 is 0 Å². The number of rotatable bonds is 4. The maximum absolute atomic E-state index is 13.1. The number of piperidine rings is 1. The molecule has 31 heavy (non-hydrogen) atoms. The molecule has 2 unspecified atom stereocenters. The number of amides is 2. The van der Waals surface area contributed by atoms with E-state index in [0.717, 1.165) is 55.8 Å². The Morgan fingerprint density at radius 1 is 1.16 bits per heavy atom. The monoisotopic (exact) mass is 422 g/mol. The molecule has 2 aliphatic heterocycles. The molecule has 2 aromatic heterocycles. The van der Waals surface area contributed by atoms with Crippen LogP contribution in [0.1, 0.15) is 61.1 Å². The minimum absolute atomic E-state index is 0.0625. The van der Waals surface area contributed by atoms with E-state index in [9.17, 15) is 9.59 Å². The molecule has 0 spiro atoms. The smallest absolute Gasteiger partial charge is 0.227 e. The van der Waals surface area contributed by atoms with E-state index in [1.807, 2.05) is 17.0 Å². The summed E-state index contributed by atoms with van der Waals surface area (Å²) in [7, 11) is 0. The molecule has 0 radical (unpaired) electrons. The van der Waals surface area contributed by atoms with E-state index in [-0.39, 0.29) is 17.7 Å². The van der Waals surface area contributed by atoms with Crippen molar-refractivity contribution in [3.8, 4) is 0 Å². The lowest BCUT2D eigenvalue weighted by Gasteiger charge is -2.33. The Labute approximate surface area is 182 Å². The fraction of sp³-hybridized carbons (Fsp3) is 0.583. The lowest BCUT2D eigenvalue weighted by molar-refractivity contribution is -0.136. The topological polar surface area (TPSA) is 79.5 Å². The number of likely N-dealkylation sites (tertiary alicyclic amines) is 2. The van der Waals surface area contributed by atoms with Crippen LogP contribution in [-0.4, -0.2) is 51.4 Å². The van der Waals surface area contributed by atoms with Gasteiger partial charge in [0.15, 0.2) is 0 Å². The van der Waals surface area contributed by atoms with Crippen LogP contribution in [0, 0.1) is 11.8 Å². The van der Waals surface area contributed by atoms with Crippen molar-refractivity contribution in [3.05, 3.63) is 47.1 Å². The molecule has 5 rings (SSSR count). The quantitative estimate of drug-likeness (QED) is 0.757. The minimum atomic E-state index is -0.232. The fourth-order valence-electron chi connectivity index (χ4n) is 5.35. The Balaban J connectivity index is 1.17. The molecule has 2 atom stereocenters. The number of aryl methyl sites for hydroxylation is 1.